The first kappa shape index (κ1) is 17.5. The highest BCUT2D eigenvalue weighted by atomic mass is 16.6. The van der Waals surface area contributed by atoms with Gasteiger partial charge in [-0.3, -0.25) is 0 Å². The number of aliphatic hydroxyl groups excluding tert-OH is 1. The zero-order valence-electron chi connectivity index (χ0n) is 13.1. The second kappa shape index (κ2) is 8.64. The quantitative estimate of drug-likeness (QED) is 0.674. The van der Waals surface area contributed by atoms with Crippen LogP contribution in [0.25, 0.3) is 0 Å². The molecule has 0 aliphatic rings. The van der Waals surface area contributed by atoms with Crippen molar-refractivity contribution in [2.45, 2.75) is 38.8 Å². The van der Waals surface area contributed by atoms with E-state index in [0.717, 1.165) is 12.0 Å². The summed E-state index contributed by atoms with van der Waals surface area (Å²) >= 11 is 0. The van der Waals surface area contributed by atoms with Crippen molar-refractivity contribution in [2.75, 3.05) is 19.7 Å². The topological polar surface area (TPSA) is 70.6 Å². The number of carbonyl (C=O) groups is 1. The molecule has 0 aliphatic carbocycles. The predicted molar refractivity (Wildman–Crippen MR) is 83.1 cm³/mol. The Hall–Kier alpha value is -1.59. The maximum Gasteiger partial charge on any atom is 0.407 e. The van der Waals surface area contributed by atoms with Crippen molar-refractivity contribution in [1.82, 2.24) is 10.6 Å². The maximum atomic E-state index is 11.4. The summed E-state index contributed by atoms with van der Waals surface area (Å²) in [6, 6.07) is 9.73. The van der Waals surface area contributed by atoms with E-state index in [-0.39, 0.29) is 12.6 Å². The summed E-state index contributed by atoms with van der Waals surface area (Å²) in [5.41, 5.74) is 0.581. The highest BCUT2D eigenvalue weighted by Gasteiger charge is 2.15. The summed E-state index contributed by atoms with van der Waals surface area (Å²) in [5, 5.41) is 15.4. The molecular weight excluding hydrogens is 268 g/mol. The van der Waals surface area contributed by atoms with Gasteiger partial charge in [-0.25, -0.2) is 4.79 Å². The van der Waals surface area contributed by atoms with Crippen LogP contribution in [-0.2, 0) is 4.74 Å². The number of hydrogen-bond donors (Lipinski definition) is 3. The molecule has 118 valence electrons. The van der Waals surface area contributed by atoms with Crippen LogP contribution in [0.4, 0.5) is 4.79 Å². The minimum atomic E-state index is -0.475. The molecule has 0 spiro atoms. The van der Waals surface area contributed by atoms with Gasteiger partial charge in [0.2, 0.25) is 0 Å². The van der Waals surface area contributed by atoms with Gasteiger partial charge in [-0.05, 0) is 39.3 Å². The van der Waals surface area contributed by atoms with Crippen molar-refractivity contribution in [3.8, 4) is 0 Å². The third-order valence-electron chi connectivity index (χ3n) is 2.80. The molecule has 0 heterocycles. The number of nitrogens with one attached hydrogen (secondary N) is 2. The van der Waals surface area contributed by atoms with E-state index < -0.39 is 11.7 Å². The second-order valence-electron chi connectivity index (χ2n) is 5.88. The van der Waals surface area contributed by atoms with E-state index in [4.69, 9.17) is 4.74 Å². The van der Waals surface area contributed by atoms with Crippen LogP contribution in [0.2, 0.25) is 0 Å². The minimum absolute atomic E-state index is 0.0451. The molecule has 0 radical (unpaired) electrons. The van der Waals surface area contributed by atoms with E-state index >= 15 is 0 Å². The number of ether oxygens (including phenoxy) is 1. The van der Waals surface area contributed by atoms with E-state index in [1.165, 1.54) is 0 Å². The predicted octanol–water partition coefficient (Wildman–Crippen LogP) is 2.22. The largest absolute Gasteiger partial charge is 0.444 e. The molecule has 0 aliphatic heterocycles. The molecule has 3 N–H and O–H groups in total. The van der Waals surface area contributed by atoms with Gasteiger partial charge in [-0.2, -0.15) is 0 Å². The number of alkyl carbamates (subject to hydrolysis) is 1. The van der Waals surface area contributed by atoms with Crippen LogP contribution in [0.3, 0.4) is 0 Å². The van der Waals surface area contributed by atoms with Gasteiger partial charge in [-0.15, -0.1) is 0 Å². The summed E-state index contributed by atoms with van der Waals surface area (Å²) in [6.07, 6.45) is 0.368. The van der Waals surface area contributed by atoms with Gasteiger partial charge in [0.15, 0.2) is 0 Å². The molecule has 5 heteroatoms. The van der Waals surface area contributed by atoms with Crippen LogP contribution in [0.1, 0.15) is 38.8 Å². The smallest absolute Gasteiger partial charge is 0.407 e. The van der Waals surface area contributed by atoms with Crippen LogP contribution in [0.15, 0.2) is 30.3 Å². The molecule has 1 aromatic rings. The third-order valence-corrected chi connectivity index (χ3v) is 2.80. The van der Waals surface area contributed by atoms with Crippen LogP contribution >= 0.6 is 0 Å². The van der Waals surface area contributed by atoms with Crippen LogP contribution < -0.4 is 10.6 Å². The number of rotatable bonds is 7. The van der Waals surface area contributed by atoms with Gasteiger partial charge in [-0.1, -0.05) is 30.3 Å². The van der Waals surface area contributed by atoms with Crippen molar-refractivity contribution >= 4 is 6.09 Å². The van der Waals surface area contributed by atoms with Crippen molar-refractivity contribution in [2.24, 2.45) is 0 Å². The number of amides is 1. The second-order valence-corrected chi connectivity index (χ2v) is 5.88. The maximum absolute atomic E-state index is 11.4. The molecule has 1 unspecified atom stereocenters. The highest BCUT2D eigenvalue weighted by molar-refractivity contribution is 5.67. The highest BCUT2D eigenvalue weighted by Crippen LogP contribution is 2.11. The van der Waals surface area contributed by atoms with Gasteiger partial charge < -0.3 is 20.5 Å². The van der Waals surface area contributed by atoms with Crippen molar-refractivity contribution < 1.29 is 14.6 Å². The molecule has 0 fully saturated rings. The molecular formula is C16H26N2O3. The summed E-state index contributed by atoms with van der Waals surface area (Å²) in [6.45, 7) is 6.79. The molecule has 1 rings (SSSR count). The Balaban J connectivity index is 2.20. The van der Waals surface area contributed by atoms with Gasteiger partial charge in [0.05, 0.1) is 12.6 Å². The molecule has 5 nitrogen and oxygen atoms in total. The number of carbonyl (C=O) groups excluding carboxylic acids is 1. The van der Waals surface area contributed by atoms with Crippen molar-refractivity contribution in [1.29, 1.82) is 0 Å². The fraction of sp³-hybridized carbons (Fsp3) is 0.562. The van der Waals surface area contributed by atoms with Gasteiger partial charge in [0.25, 0.3) is 0 Å². The summed E-state index contributed by atoms with van der Waals surface area (Å²) in [7, 11) is 0. The van der Waals surface area contributed by atoms with Crippen LogP contribution in [0, 0.1) is 0 Å². The van der Waals surface area contributed by atoms with Gasteiger partial charge in [0, 0.05) is 6.54 Å². The SMILES string of the molecule is CC(C)(C)OC(=O)NCCCNC(CO)c1ccccc1. The Morgan fingerprint density at radius 1 is 1.24 bits per heavy atom. The van der Waals surface area contributed by atoms with E-state index in [0.29, 0.717) is 13.1 Å². The van der Waals surface area contributed by atoms with E-state index in [1.54, 1.807) is 0 Å². The summed E-state index contributed by atoms with van der Waals surface area (Å²) < 4.78 is 5.15. The molecule has 0 bridgehead atoms. The molecule has 0 saturated heterocycles. The van der Waals surface area contributed by atoms with Gasteiger partial charge in [0.1, 0.15) is 5.60 Å². The molecule has 1 atom stereocenters. The monoisotopic (exact) mass is 294 g/mol. The molecule has 0 saturated carbocycles. The fourth-order valence-corrected chi connectivity index (χ4v) is 1.84. The van der Waals surface area contributed by atoms with Gasteiger partial charge >= 0.3 is 6.09 Å². The lowest BCUT2D eigenvalue weighted by molar-refractivity contribution is 0.0527. The zero-order valence-corrected chi connectivity index (χ0v) is 13.1. The first-order valence-electron chi connectivity index (χ1n) is 7.28. The minimum Gasteiger partial charge on any atom is -0.444 e. The Morgan fingerprint density at radius 3 is 2.48 bits per heavy atom. The normalized spacial score (nSPS) is 12.8. The zero-order chi connectivity index (χ0) is 15.7. The Morgan fingerprint density at radius 2 is 1.90 bits per heavy atom. The van der Waals surface area contributed by atoms with Crippen molar-refractivity contribution in [3.63, 3.8) is 0 Å². The van der Waals surface area contributed by atoms with E-state index in [1.807, 2.05) is 51.1 Å². The van der Waals surface area contributed by atoms with Crippen molar-refractivity contribution in [3.05, 3.63) is 35.9 Å². The lowest BCUT2D eigenvalue weighted by Gasteiger charge is -2.20. The first-order valence-corrected chi connectivity index (χ1v) is 7.28. The number of aliphatic hydroxyl groups is 1. The Kier molecular flexibility index (Phi) is 7.19. The molecule has 21 heavy (non-hydrogen) atoms. The van der Waals surface area contributed by atoms with Crippen LogP contribution in [0.5, 0.6) is 0 Å². The van der Waals surface area contributed by atoms with Crippen LogP contribution in [-0.4, -0.2) is 36.5 Å². The first-order chi connectivity index (χ1) is 9.92. The average Bonchev–Trinajstić information content (AvgIpc) is 2.42. The summed E-state index contributed by atoms with van der Waals surface area (Å²) in [4.78, 5) is 11.4. The number of hydrogen-bond acceptors (Lipinski definition) is 4. The fourth-order valence-electron chi connectivity index (χ4n) is 1.84. The molecule has 1 aromatic carbocycles. The average molecular weight is 294 g/mol. The Bertz CT molecular complexity index is 415. The van der Waals surface area contributed by atoms with E-state index in [9.17, 15) is 9.90 Å². The summed E-state index contributed by atoms with van der Waals surface area (Å²) in [5.74, 6) is 0. The third kappa shape index (κ3) is 7.68. The number of benzene rings is 1. The lowest BCUT2D eigenvalue weighted by Crippen LogP contribution is -2.34. The molecule has 1 amide bonds. The lowest BCUT2D eigenvalue weighted by atomic mass is 10.1. The standard InChI is InChI=1S/C16H26N2O3/c1-16(2,3)21-15(20)18-11-7-10-17-14(12-19)13-8-5-4-6-9-13/h4-6,8-9,14,17,19H,7,10-12H2,1-3H3,(H,18,20). The molecule has 0 aromatic heterocycles. The van der Waals surface area contributed by atoms with E-state index in [2.05, 4.69) is 10.6 Å². The Labute approximate surface area is 126 Å².